The molecule has 1 fully saturated rings. The Bertz CT molecular complexity index is 192. The van der Waals surface area contributed by atoms with Crippen LogP contribution in [-0.4, -0.2) is 28.8 Å². The van der Waals surface area contributed by atoms with Gasteiger partial charge in [-0.3, -0.25) is 0 Å². The van der Waals surface area contributed by atoms with E-state index in [4.69, 9.17) is 5.73 Å². The Morgan fingerprint density at radius 1 is 1.50 bits per heavy atom. The van der Waals surface area contributed by atoms with Crippen LogP contribution in [-0.2, 0) is 0 Å². The van der Waals surface area contributed by atoms with E-state index in [0.717, 1.165) is 4.90 Å². The van der Waals surface area contributed by atoms with Gasteiger partial charge in [0.25, 0.3) is 0 Å². The molecule has 1 aliphatic rings. The van der Waals surface area contributed by atoms with Crippen LogP contribution >= 0.6 is 12.2 Å². The minimum atomic E-state index is -4.21. The Morgan fingerprint density at radius 2 is 2.08 bits per heavy atom. The van der Waals surface area contributed by atoms with Crippen LogP contribution in [0.25, 0.3) is 0 Å². The fourth-order valence-electron chi connectivity index (χ4n) is 1.37. The van der Waals surface area contributed by atoms with Crippen molar-refractivity contribution >= 4 is 17.3 Å². The second kappa shape index (κ2) is 3.08. The molecule has 0 bridgehead atoms. The Balaban J connectivity index is 2.71. The molecule has 0 aromatic rings. The van der Waals surface area contributed by atoms with Crippen molar-refractivity contribution in [2.75, 3.05) is 6.54 Å². The number of nitrogens with zero attached hydrogens (tertiary/aromatic N) is 1. The van der Waals surface area contributed by atoms with Crippen LogP contribution in [0.1, 0.15) is 12.8 Å². The molecule has 1 heterocycles. The number of likely N-dealkylation sites (tertiary alicyclic amines) is 1. The lowest BCUT2D eigenvalue weighted by atomic mass is 10.2. The summed E-state index contributed by atoms with van der Waals surface area (Å²) < 4.78 is 36.6. The average molecular weight is 198 g/mol. The minimum Gasteiger partial charge on any atom is -0.376 e. The van der Waals surface area contributed by atoms with Crippen LogP contribution in [0.3, 0.4) is 0 Å². The van der Waals surface area contributed by atoms with Gasteiger partial charge in [0.15, 0.2) is 5.11 Å². The van der Waals surface area contributed by atoms with Crippen molar-refractivity contribution in [1.82, 2.24) is 4.90 Å². The van der Waals surface area contributed by atoms with Gasteiger partial charge in [-0.2, -0.15) is 13.2 Å². The van der Waals surface area contributed by atoms with Gasteiger partial charge >= 0.3 is 6.18 Å². The summed E-state index contributed by atoms with van der Waals surface area (Å²) in [4.78, 5) is 1.04. The highest BCUT2D eigenvalue weighted by atomic mass is 32.1. The summed E-state index contributed by atoms with van der Waals surface area (Å²) in [5, 5.41) is -0.158. The maximum absolute atomic E-state index is 12.2. The first kappa shape index (κ1) is 9.57. The number of alkyl halides is 3. The van der Waals surface area contributed by atoms with Gasteiger partial charge in [0.1, 0.15) is 6.04 Å². The molecule has 0 radical (unpaired) electrons. The van der Waals surface area contributed by atoms with Crippen LogP contribution in [0.15, 0.2) is 0 Å². The van der Waals surface area contributed by atoms with Crippen LogP contribution < -0.4 is 5.73 Å². The van der Waals surface area contributed by atoms with Gasteiger partial charge in [0.05, 0.1) is 0 Å². The van der Waals surface area contributed by atoms with Crippen LogP contribution in [0, 0.1) is 0 Å². The maximum Gasteiger partial charge on any atom is 0.408 e. The van der Waals surface area contributed by atoms with Crippen molar-refractivity contribution in [1.29, 1.82) is 0 Å². The largest absolute Gasteiger partial charge is 0.408 e. The highest BCUT2D eigenvalue weighted by Crippen LogP contribution is 2.32. The van der Waals surface area contributed by atoms with E-state index in [1.807, 2.05) is 0 Å². The topological polar surface area (TPSA) is 29.3 Å². The predicted octanol–water partition coefficient (Wildman–Crippen LogP) is 1.26. The molecular weight excluding hydrogens is 189 g/mol. The zero-order valence-electron chi connectivity index (χ0n) is 6.27. The first-order chi connectivity index (χ1) is 5.43. The fraction of sp³-hybridized carbons (Fsp3) is 0.833. The summed E-state index contributed by atoms with van der Waals surface area (Å²) in [5.74, 6) is 0. The van der Waals surface area contributed by atoms with E-state index in [2.05, 4.69) is 12.2 Å². The third-order valence-electron chi connectivity index (χ3n) is 1.91. The number of thiocarbonyl (C=S) groups is 1. The van der Waals surface area contributed by atoms with E-state index in [1.165, 1.54) is 0 Å². The first-order valence-corrected chi connectivity index (χ1v) is 3.96. The standard InChI is InChI=1S/C6H9F3N2S/c7-6(8,9)4-2-1-3-11(4)5(10)12/h4H,1-3H2,(H2,10,12)/t4-/m1/s1. The lowest BCUT2D eigenvalue weighted by molar-refractivity contribution is -0.166. The highest BCUT2D eigenvalue weighted by molar-refractivity contribution is 7.80. The number of hydrogen-bond acceptors (Lipinski definition) is 1. The normalized spacial score (nSPS) is 24.6. The molecule has 1 aliphatic heterocycles. The number of hydrogen-bond donors (Lipinski definition) is 1. The summed E-state index contributed by atoms with van der Waals surface area (Å²) in [6.45, 7) is 0.319. The van der Waals surface area contributed by atoms with Crippen LogP contribution in [0.2, 0.25) is 0 Å². The summed E-state index contributed by atoms with van der Waals surface area (Å²) in [7, 11) is 0. The Labute approximate surface area is 73.5 Å². The Hall–Kier alpha value is -0.520. The zero-order chi connectivity index (χ0) is 9.35. The van der Waals surface area contributed by atoms with Gasteiger partial charge in [0, 0.05) is 6.54 Å². The SMILES string of the molecule is NC(=S)N1CCC[C@@H]1C(F)(F)F. The molecular formula is C6H9F3N2S. The molecule has 1 atom stereocenters. The third-order valence-corrected chi connectivity index (χ3v) is 2.15. The Kier molecular flexibility index (Phi) is 2.46. The third kappa shape index (κ3) is 1.80. The second-order valence-electron chi connectivity index (χ2n) is 2.73. The van der Waals surface area contributed by atoms with Crippen molar-refractivity contribution < 1.29 is 13.2 Å². The average Bonchev–Trinajstić information content (AvgIpc) is 2.30. The van der Waals surface area contributed by atoms with Crippen molar-refractivity contribution in [3.05, 3.63) is 0 Å². The maximum atomic E-state index is 12.2. The van der Waals surface area contributed by atoms with E-state index < -0.39 is 12.2 Å². The molecule has 70 valence electrons. The second-order valence-corrected chi connectivity index (χ2v) is 3.15. The first-order valence-electron chi connectivity index (χ1n) is 3.55. The summed E-state index contributed by atoms with van der Waals surface area (Å²) >= 11 is 4.50. The molecule has 0 saturated carbocycles. The molecule has 6 heteroatoms. The molecule has 1 saturated heterocycles. The smallest absolute Gasteiger partial charge is 0.376 e. The molecule has 2 nitrogen and oxygen atoms in total. The minimum absolute atomic E-state index is 0.0981. The molecule has 0 aliphatic carbocycles. The van der Waals surface area contributed by atoms with E-state index in [1.54, 1.807) is 0 Å². The molecule has 1 rings (SSSR count). The van der Waals surface area contributed by atoms with E-state index in [9.17, 15) is 13.2 Å². The van der Waals surface area contributed by atoms with Crippen molar-refractivity contribution in [3.63, 3.8) is 0 Å². The molecule has 12 heavy (non-hydrogen) atoms. The predicted molar refractivity (Wildman–Crippen MR) is 42.6 cm³/mol. The number of nitrogens with two attached hydrogens (primary N) is 1. The molecule has 0 unspecified atom stereocenters. The van der Waals surface area contributed by atoms with Crippen LogP contribution in [0.4, 0.5) is 13.2 Å². The molecule has 0 aromatic carbocycles. The highest BCUT2D eigenvalue weighted by Gasteiger charge is 2.46. The fourth-order valence-corrected chi connectivity index (χ4v) is 1.59. The molecule has 0 aromatic heterocycles. The molecule has 0 spiro atoms. The molecule has 2 N–H and O–H groups in total. The van der Waals surface area contributed by atoms with Crippen molar-refractivity contribution in [2.24, 2.45) is 5.73 Å². The van der Waals surface area contributed by atoms with Gasteiger partial charge < -0.3 is 10.6 Å². The van der Waals surface area contributed by atoms with E-state index in [0.29, 0.717) is 13.0 Å². The Morgan fingerprint density at radius 3 is 2.42 bits per heavy atom. The van der Waals surface area contributed by atoms with Gasteiger partial charge in [-0.1, -0.05) is 0 Å². The van der Waals surface area contributed by atoms with Crippen molar-refractivity contribution in [2.45, 2.75) is 25.1 Å². The van der Waals surface area contributed by atoms with Gasteiger partial charge in [-0.15, -0.1) is 0 Å². The summed E-state index contributed by atoms with van der Waals surface area (Å²) in [6, 6.07) is -1.46. The quantitative estimate of drug-likeness (QED) is 0.594. The van der Waals surface area contributed by atoms with Crippen LogP contribution in [0.5, 0.6) is 0 Å². The lowest BCUT2D eigenvalue weighted by Gasteiger charge is -2.26. The number of halogens is 3. The molecule has 0 amide bonds. The van der Waals surface area contributed by atoms with Crippen molar-refractivity contribution in [3.8, 4) is 0 Å². The zero-order valence-corrected chi connectivity index (χ0v) is 7.08. The van der Waals surface area contributed by atoms with Gasteiger partial charge in [0.2, 0.25) is 0 Å². The summed E-state index contributed by atoms with van der Waals surface area (Å²) in [5.41, 5.74) is 5.14. The van der Waals surface area contributed by atoms with Gasteiger partial charge in [-0.25, -0.2) is 0 Å². The summed E-state index contributed by atoms with van der Waals surface area (Å²) in [6.07, 6.45) is -3.61. The van der Waals surface area contributed by atoms with E-state index in [-0.39, 0.29) is 11.5 Å². The van der Waals surface area contributed by atoms with Gasteiger partial charge in [-0.05, 0) is 25.1 Å². The van der Waals surface area contributed by atoms with E-state index >= 15 is 0 Å². The lowest BCUT2D eigenvalue weighted by Crippen LogP contribution is -2.46. The number of rotatable bonds is 0. The monoisotopic (exact) mass is 198 g/mol.